The van der Waals surface area contributed by atoms with Gasteiger partial charge in [0, 0.05) is 12.1 Å². The van der Waals surface area contributed by atoms with Crippen LogP contribution < -0.4 is 14.8 Å². The number of amides is 1. The maximum atomic E-state index is 13.7. The van der Waals surface area contributed by atoms with E-state index in [2.05, 4.69) is 15.4 Å². The zero-order valence-corrected chi connectivity index (χ0v) is 16.1. The van der Waals surface area contributed by atoms with Crippen LogP contribution in [0.2, 0.25) is 0 Å². The van der Waals surface area contributed by atoms with Crippen molar-refractivity contribution in [3.8, 4) is 22.8 Å². The summed E-state index contributed by atoms with van der Waals surface area (Å²) in [6, 6.07) is 5.70. The summed E-state index contributed by atoms with van der Waals surface area (Å²) in [5.41, 5.74) is -0.745. The summed E-state index contributed by atoms with van der Waals surface area (Å²) >= 11 is 0. The Labute approximate surface area is 169 Å². The molecule has 2 aromatic heterocycles. The van der Waals surface area contributed by atoms with Crippen molar-refractivity contribution in [1.29, 1.82) is 0 Å². The number of aromatic nitrogens is 3. The van der Waals surface area contributed by atoms with E-state index in [9.17, 15) is 18.0 Å². The number of carbonyl (C=O) groups excluding carboxylic acids is 1. The molecule has 3 heterocycles. The van der Waals surface area contributed by atoms with E-state index in [4.69, 9.17) is 9.47 Å². The van der Waals surface area contributed by atoms with Crippen molar-refractivity contribution in [2.75, 3.05) is 19.8 Å². The second-order valence-electron chi connectivity index (χ2n) is 6.79. The lowest BCUT2D eigenvalue weighted by Crippen LogP contribution is -2.24. The van der Waals surface area contributed by atoms with Gasteiger partial charge < -0.3 is 14.8 Å². The zero-order chi connectivity index (χ0) is 21.3. The topological polar surface area (TPSA) is 77.8 Å². The number of fused-ring (bicyclic) bond motifs is 2. The average Bonchev–Trinajstić information content (AvgIpc) is 3.16. The Morgan fingerprint density at radius 2 is 1.97 bits per heavy atom. The maximum Gasteiger partial charge on any atom is 0.433 e. The van der Waals surface area contributed by atoms with Crippen LogP contribution >= 0.6 is 0 Å². The van der Waals surface area contributed by atoms with Gasteiger partial charge in [-0.2, -0.15) is 18.3 Å². The highest BCUT2D eigenvalue weighted by atomic mass is 19.4. The molecule has 1 aliphatic heterocycles. The van der Waals surface area contributed by atoms with Crippen LogP contribution in [0.5, 0.6) is 11.5 Å². The fraction of sp³-hybridized carbons (Fsp3) is 0.350. The summed E-state index contributed by atoms with van der Waals surface area (Å²) in [7, 11) is 0. The van der Waals surface area contributed by atoms with Gasteiger partial charge in [0.25, 0.3) is 5.91 Å². The summed E-state index contributed by atoms with van der Waals surface area (Å²) in [6.45, 7) is 3.14. The highest BCUT2D eigenvalue weighted by molar-refractivity contribution is 5.99. The molecule has 0 bridgehead atoms. The van der Waals surface area contributed by atoms with Crippen molar-refractivity contribution >= 4 is 11.6 Å². The van der Waals surface area contributed by atoms with Gasteiger partial charge in [-0.05, 0) is 30.7 Å². The standard InChI is InChI=1S/C20H19F3N4O3/c1-2-3-6-24-19(28)13-11-25-27-17(20(21,22)23)10-14(26-18(13)27)12-4-5-15-16(9-12)30-8-7-29-15/h4-5,9-11H,2-3,6-8H2,1H3,(H,24,28). The Bertz CT molecular complexity index is 1090. The first-order chi connectivity index (χ1) is 14.4. The second-order valence-corrected chi connectivity index (χ2v) is 6.79. The monoisotopic (exact) mass is 420 g/mol. The highest BCUT2D eigenvalue weighted by Gasteiger charge is 2.36. The predicted molar refractivity (Wildman–Crippen MR) is 102 cm³/mol. The zero-order valence-electron chi connectivity index (χ0n) is 16.1. The van der Waals surface area contributed by atoms with Crippen LogP contribution in [-0.4, -0.2) is 40.3 Å². The third kappa shape index (κ3) is 3.77. The first-order valence-corrected chi connectivity index (χ1v) is 9.52. The van der Waals surface area contributed by atoms with Gasteiger partial charge in [0.1, 0.15) is 18.8 Å². The molecule has 0 spiro atoms. The molecule has 0 saturated carbocycles. The Hall–Kier alpha value is -3.30. The first-order valence-electron chi connectivity index (χ1n) is 9.52. The van der Waals surface area contributed by atoms with Crippen LogP contribution in [0.15, 0.2) is 30.5 Å². The van der Waals surface area contributed by atoms with Gasteiger partial charge >= 0.3 is 6.18 Å². The first kappa shape index (κ1) is 20.0. The van der Waals surface area contributed by atoms with Crippen molar-refractivity contribution in [2.24, 2.45) is 0 Å². The van der Waals surface area contributed by atoms with Crippen LogP contribution in [0.1, 0.15) is 35.8 Å². The Kier molecular flexibility index (Phi) is 5.23. The molecule has 1 aromatic carbocycles. The second kappa shape index (κ2) is 7.85. The number of hydrogen-bond donors (Lipinski definition) is 1. The molecule has 1 N–H and O–H groups in total. The van der Waals surface area contributed by atoms with Gasteiger partial charge in [-0.1, -0.05) is 13.3 Å². The molecule has 0 radical (unpaired) electrons. The summed E-state index contributed by atoms with van der Waals surface area (Å²) < 4.78 is 52.8. The lowest BCUT2D eigenvalue weighted by atomic mass is 10.1. The summed E-state index contributed by atoms with van der Waals surface area (Å²) in [4.78, 5) is 16.8. The lowest BCUT2D eigenvalue weighted by Gasteiger charge is -2.19. The maximum absolute atomic E-state index is 13.7. The number of hydrogen-bond acceptors (Lipinski definition) is 5. The summed E-state index contributed by atoms with van der Waals surface area (Å²) in [6.07, 6.45) is -1.95. The molecule has 4 rings (SSSR count). The highest BCUT2D eigenvalue weighted by Crippen LogP contribution is 2.36. The average molecular weight is 420 g/mol. The van der Waals surface area contributed by atoms with Crippen LogP contribution in [-0.2, 0) is 6.18 Å². The van der Waals surface area contributed by atoms with Crippen LogP contribution in [0.3, 0.4) is 0 Å². The number of ether oxygens (including phenoxy) is 2. The van der Waals surface area contributed by atoms with Crippen LogP contribution in [0.4, 0.5) is 13.2 Å². The Morgan fingerprint density at radius 1 is 1.20 bits per heavy atom. The molecule has 158 valence electrons. The summed E-state index contributed by atoms with van der Waals surface area (Å²) in [5.74, 6) is 0.431. The molecular formula is C20H19F3N4O3. The number of unbranched alkanes of at least 4 members (excludes halogenated alkanes) is 1. The minimum Gasteiger partial charge on any atom is -0.486 e. The molecule has 1 amide bonds. The van der Waals surface area contributed by atoms with Gasteiger partial charge in [-0.15, -0.1) is 0 Å². The van der Waals surface area contributed by atoms with Crippen LogP contribution in [0.25, 0.3) is 16.9 Å². The number of nitrogens with zero attached hydrogens (tertiary/aromatic N) is 3. The quantitative estimate of drug-likeness (QED) is 0.637. The number of rotatable bonds is 5. The van der Waals surface area contributed by atoms with Gasteiger partial charge in [0.15, 0.2) is 22.8 Å². The molecule has 0 unspecified atom stereocenters. The number of benzene rings is 1. The van der Waals surface area contributed by atoms with E-state index >= 15 is 0 Å². The molecule has 7 nitrogen and oxygen atoms in total. The normalized spacial score (nSPS) is 13.5. The molecule has 3 aromatic rings. The smallest absolute Gasteiger partial charge is 0.433 e. The fourth-order valence-corrected chi connectivity index (χ4v) is 3.15. The molecule has 0 atom stereocenters. The number of halogens is 3. The SMILES string of the molecule is CCCCNC(=O)c1cnn2c(C(F)(F)F)cc(-c3ccc4c(c3)OCCO4)nc12. The molecule has 0 fully saturated rings. The molecule has 0 aliphatic carbocycles. The minimum atomic E-state index is -4.69. The van der Waals surface area contributed by atoms with Crippen molar-refractivity contribution in [2.45, 2.75) is 25.9 Å². The minimum absolute atomic E-state index is 0.0176. The largest absolute Gasteiger partial charge is 0.486 e. The van der Waals surface area contributed by atoms with Crippen molar-refractivity contribution < 1.29 is 27.4 Å². The third-order valence-corrected chi connectivity index (χ3v) is 4.66. The van der Waals surface area contributed by atoms with Crippen molar-refractivity contribution in [1.82, 2.24) is 19.9 Å². The van der Waals surface area contributed by atoms with Gasteiger partial charge in [-0.3, -0.25) is 4.79 Å². The van der Waals surface area contributed by atoms with Crippen LogP contribution in [0, 0.1) is 0 Å². The fourth-order valence-electron chi connectivity index (χ4n) is 3.15. The van der Waals surface area contributed by atoms with E-state index in [1.165, 1.54) is 0 Å². The third-order valence-electron chi connectivity index (χ3n) is 4.66. The summed E-state index contributed by atoms with van der Waals surface area (Å²) in [5, 5.41) is 6.45. The van der Waals surface area contributed by atoms with Crippen molar-refractivity contribution in [3.63, 3.8) is 0 Å². The van der Waals surface area contributed by atoms with Gasteiger partial charge in [-0.25, -0.2) is 9.50 Å². The van der Waals surface area contributed by atoms with E-state index < -0.39 is 17.8 Å². The Morgan fingerprint density at radius 3 is 2.70 bits per heavy atom. The van der Waals surface area contributed by atoms with Gasteiger partial charge in [0.05, 0.1) is 11.9 Å². The predicted octanol–water partition coefficient (Wildman–Crippen LogP) is 3.72. The van der Waals surface area contributed by atoms with Gasteiger partial charge in [0.2, 0.25) is 0 Å². The molecular weight excluding hydrogens is 401 g/mol. The number of carbonyl (C=O) groups is 1. The molecule has 1 aliphatic rings. The van der Waals surface area contributed by atoms with Crippen molar-refractivity contribution in [3.05, 3.63) is 41.7 Å². The van der Waals surface area contributed by atoms with E-state index in [1.54, 1.807) is 18.2 Å². The van der Waals surface area contributed by atoms with E-state index in [0.29, 0.717) is 41.3 Å². The molecule has 10 heteroatoms. The number of alkyl halides is 3. The van der Waals surface area contributed by atoms with E-state index in [0.717, 1.165) is 25.1 Å². The molecule has 30 heavy (non-hydrogen) atoms. The van der Waals surface area contributed by atoms with E-state index in [1.807, 2.05) is 6.92 Å². The number of nitrogens with one attached hydrogen (secondary N) is 1. The lowest BCUT2D eigenvalue weighted by molar-refractivity contribution is -0.142. The Balaban J connectivity index is 1.82. The molecule has 0 saturated heterocycles. The van der Waals surface area contributed by atoms with E-state index in [-0.39, 0.29) is 16.9 Å².